The van der Waals surface area contributed by atoms with Crippen molar-refractivity contribution in [2.24, 2.45) is 5.92 Å². The van der Waals surface area contributed by atoms with E-state index in [1.54, 1.807) is 7.11 Å². The molecule has 17 heavy (non-hydrogen) atoms. The number of ether oxygens (including phenoxy) is 1. The third-order valence-corrected chi connectivity index (χ3v) is 4.87. The number of benzene rings is 1. The molecule has 0 heterocycles. The molecule has 94 valence electrons. The summed E-state index contributed by atoms with van der Waals surface area (Å²) < 4.78 is 5.32. The van der Waals surface area contributed by atoms with E-state index in [1.165, 1.54) is 42.1 Å². The minimum atomic E-state index is 0.759. The second kappa shape index (κ2) is 5.90. The first kappa shape index (κ1) is 12.9. The van der Waals surface area contributed by atoms with Gasteiger partial charge >= 0.3 is 0 Å². The van der Waals surface area contributed by atoms with E-state index in [2.05, 4.69) is 41.1 Å². The fourth-order valence-corrected chi connectivity index (χ4v) is 3.45. The monoisotopic (exact) mass is 296 g/mol. The van der Waals surface area contributed by atoms with Gasteiger partial charge in [0, 0.05) is 5.33 Å². The quantitative estimate of drug-likeness (QED) is 0.737. The summed E-state index contributed by atoms with van der Waals surface area (Å²) in [5.74, 6) is 2.66. The van der Waals surface area contributed by atoms with E-state index in [-0.39, 0.29) is 0 Å². The summed E-state index contributed by atoms with van der Waals surface area (Å²) in [6, 6.07) is 6.66. The van der Waals surface area contributed by atoms with Crippen molar-refractivity contribution in [3.8, 4) is 5.75 Å². The highest BCUT2D eigenvalue weighted by atomic mass is 79.9. The molecule has 0 saturated heterocycles. The summed E-state index contributed by atoms with van der Waals surface area (Å²) in [5, 5.41) is 1.17. The molecule has 0 aromatic heterocycles. The topological polar surface area (TPSA) is 9.23 Å². The van der Waals surface area contributed by atoms with Gasteiger partial charge in [-0.3, -0.25) is 0 Å². The van der Waals surface area contributed by atoms with Gasteiger partial charge in [0.25, 0.3) is 0 Å². The van der Waals surface area contributed by atoms with Crippen LogP contribution < -0.4 is 4.74 Å². The lowest BCUT2D eigenvalue weighted by atomic mass is 9.79. The molecule has 1 fully saturated rings. The molecule has 2 rings (SSSR count). The lowest BCUT2D eigenvalue weighted by Crippen LogP contribution is -2.14. The highest BCUT2D eigenvalue weighted by molar-refractivity contribution is 9.09. The Kier molecular flexibility index (Phi) is 4.49. The normalized spacial score (nSPS) is 24.6. The van der Waals surface area contributed by atoms with Crippen LogP contribution in [0.2, 0.25) is 0 Å². The van der Waals surface area contributed by atoms with E-state index in [1.807, 2.05) is 0 Å². The molecule has 0 spiro atoms. The molecule has 0 atom stereocenters. The molecular formula is C15H21BrO. The van der Waals surface area contributed by atoms with Crippen molar-refractivity contribution < 1.29 is 4.74 Å². The molecule has 0 radical (unpaired) electrons. The maximum atomic E-state index is 5.32. The third kappa shape index (κ3) is 3.04. The van der Waals surface area contributed by atoms with Crippen LogP contribution in [0.1, 0.15) is 42.7 Å². The van der Waals surface area contributed by atoms with Crippen LogP contribution in [0.4, 0.5) is 0 Å². The standard InChI is InChI=1S/C15H21BrO/c1-11-9-14(7-8-15(11)17-2)13-5-3-12(10-16)4-6-13/h7-9,12-13H,3-6,10H2,1-2H3/t12-,13-. The summed E-state index contributed by atoms with van der Waals surface area (Å²) in [6.07, 6.45) is 5.39. The average molecular weight is 297 g/mol. The van der Waals surface area contributed by atoms with Gasteiger partial charge in [-0.1, -0.05) is 28.1 Å². The maximum Gasteiger partial charge on any atom is 0.121 e. The number of hydrogen-bond donors (Lipinski definition) is 0. The first-order chi connectivity index (χ1) is 8.24. The van der Waals surface area contributed by atoms with E-state index < -0.39 is 0 Å². The number of halogens is 1. The van der Waals surface area contributed by atoms with Crippen LogP contribution in [0, 0.1) is 12.8 Å². The second-order valence-corrected chi connectivity index (χ2v) is 5.75. The summed E-state index contributed by atoms with van der Waals surface area (Å²) in [5.41, 5.74) is 2.75. The van der Waals surface area contributed by atoms with E-state index >= 15 is 0 Å². The predicted molar refractivity (Wildman–Crippen MR) is 76.2 cm³/mol. The molecule has 1 aliphatic rings. The molecule has 0 N–H and O–H groups in total. The van der Waals surface area contributed by atoms with Gasteiger partial charge in [-0.15, -0.1) is 0 Å². The summed E-state index contributed by atoms with van der Waals surface area (Å²) in [6.45, 7) is 2.13. The zero-order chi connectivity index (χ0) is 12.3. The van der Waals surface area contributed by atoms with Gasteiger partial charge in [0.1, 0.15) is 5.75 Å². The minimum Gasteiger partial charge on any atom is -0.496 e. The van der Waals surface area contributed by atoms with Gasteiger partial charge in [0.15, 0.2) is 0 Å². The average Bonchev–Trinajstić information content (AvgIpc) is 2.39. The Labute approximate surface area is 113 Å². The van der Waals surface area contributed by atoms with Crippen LogP contribution in [0.5, 0.6) is 5.75 Å². The molecule has 0 unspecified atom stereocenters. The molecular weight excluding hydrogens is 276 g/mol. The molecule has 1 saturated carbocycles. The Morgan fingerprint density at radius 1 is 1.24 bits per heavy atom. The summed E-state index contributed by atoms with van der Waals surface area (Å²) >= 11 is 3.60. The van der Waals surface area contributed by atoms with Gasteiger partial charge in [-0.2, -0.15) is 0 Å². The van der Waals surface area contributed by atoms with Crippen molar-refractivity contribution in [3.05, 3.63) is 29.3 Å². The first-order valence-electron chi connectivity index (χ1n) is 6.45. The lowest BCUT2D eigenvalue weighted by Gasteiger charge is -2.28. The molecule has 1 nitrogen and oxygen atoms in total. The van der Waals surface area contributed by atoms with E-state index in [0.29, 0.717) is 0 Å². The number of rotatable bonds is 3. The van der Waals surface area contributed by atoms with Gasteiger partial charge in [-0.05, 0) is 61.6 Å². The van der Waals surface area contributed by atoms with Crippen LogP contribution in [-0.2, 0) is 0 Å². The number of hydrogen-bond acceptors (Lipinski definition) is 1. The first-order valence-corrected chi connectivity index (χ1v) is 7.57. The largest absolute Gasteiger partial charge is 0.496 e. The smallest absolute Gasteiger partial charge is 0.121 e. The van der Waals surface area contributed by atoms with E-state index in [4.69, 9.17) is 4.74 Å². The van der Waals surface area contributed by atoms with Crippen LogP contribution in [0.25, 0.3) is 0 Å². The lowest BCUT2D eigenvalue weighted by molar-refractivity contribution is 0.353. The third-order valence-electron chi connectivity index (χ3n) is 3.96. The predicted octanol–water partition coefficient (Wildman–Crippen LogP) is 4.67. The van der Waals surface area contributed by atoms with Crippen molar-refractivity contribution in [2.45, 2.75) is 38.5 Å². The Morgan fingerprint density at radius 2 is 1.94 bits per heavy atom. The van der Waals surface area contributed by atoms with Crippen LogP contribution in [0.15, 0.2) is 18.2 Å². The Morgan fingerprint density at radius 3 is 2.47 bits per heavy atom. The Hall–Kier alpha value is -0.500. The van der Waals surface area contributed by atoms with Crippen molar-refractivity contribution in [3.63, 3.8) is 0 Å². The molecule has 1 aliphatic carbocycles. The molecule has 1 aromatic rings. The molecule has 0 amide bonds. The van der Waals surface area contributed by atoms with Crippen molar-refractivity contribution in [1.82, 2.24) is 0 Å². The zero-order valence-corrected chi connectivity index (χ0v) is 12.3. The maximum absolute atomic E-state index is 5.32. The van der Waals surface area contributed by atoms with Crippen LogP contribution in [-0.4, -0.2) is 12.4 Å². The SMILES string of the molecule is COc1ccc([C@H]2CC[C@H](CBr)CC2)cc1C. The Bertz CT molecular complexity index is 367. The highest BCUT2D eigenvalue weighted by Crippen LogP contribution is 2.37. The summed E-state index contributed by atoms with van der Waals surface area (Å²) in [7, 11) is 1.74. The van der Waals surface area contributed by atoms with E-state index in [0.717, 1.165) is 17.6 Å². The van der Waals surface area contributed by atoms with Gasteiger partial charge in [0.2, 0.25) is 0 Å². The van der Waals surface area contributed by atoms with Crippen molar-refractivity contribution >= 4 is 15.9 Å². The van der Waals surface area contributed by atoms with Gasteiger partial charge < -0.3 is 4.74 Å². The molecule has 2 heteroatoms. The van der Waals surface area contributed by atoms with Gasteiger partial charge in [0.05, 0.1) is 7.11 Å². The number of alkyl halides is 1. The highest BCUT2D eigenvalue weighted by Gasteiger charge is 2.21. The van der Waals surface area contributed by atoms with Gasteiger partial charge in [-0.25, -0.2) is 0 Å². The van der Waals surface area contributed by atoms with Crippen molar-refractivity contribution in [2.75, 3.05) is 12.4 Å². The number of methoxy groups -OCH3 is 1. The van der Waals surface area contributed by atoms with Crippen LogP contribution in [0.3, 0.4) is 0 Å². The zero-order valence-electron chi connectivity index (χ0n) is 10.7. The second-order valence-electron chi connectivity index (χ2n) is 5.10. The molecule has 0 bridgehead atoms. The fourth-order valence-electron chi connectivity index (χ4n) is 2.81. The molecule has 0 aliphatic heterocycles. The molecule has 1 aromatic carbocycles. The van der Waals surface area contributed by atoms with Crippen molar-refractivity contribution in [1.29, 1.82) is 0 Å². The Balaban J connectivity index is 2.06. The minimum absolute atomic E-state index is 0.759. The van der Waals surface area contributed by atoms with E-state index in [9.17, 15) is 0 Å². The fraction of sp³-hybridized carbons (Fsp3) is 0.600. The van der Waals surface area contributed by atoms with Crippen LogP contribution >= 0.6 is 15.9 Å². The summed E-state index contributed by atoms with van der Waals surface area (Å²) in [4.78, 5) is 0. The number of aryl methyl sites for hydroxylation is 1.